The van der Waals surface area contributed by atoms with E-state index in [0.29, 0.717) is 23.5 Å². The highest BCUT2D eigenvalue weighted by Gasteiger charge is 2.30. The van der Waals surface area contributed by atoms with Gasteiger partial charge in [-0.1, -0.05) is 0 Å². The first-order valence-electron chi connectivity index (χ1n) is 7.14. The van der Waals surface area contributed by atoms with E-state index >= 15 is 0 Å². The number of methoxy groups -OCH3 is 1. The summed E-state index contributed by atoms with van der Waals surface area (Å²) in [6, 6.07) is 12.1. The lowest BCUT2D eigenvalue weighted by molar-refractivity contribution is -0.274. The van der Waals surface area contributed by atoms with Crippen molar-refractivity contribution in [3.8, 4) is 11.5 Å². The summed E-state index contributed by atoms with van der Waals surface area (Å²) in [4.78, 5) is 12.0. The molecule has 7 heteroatoms. The normalized spacial score (nSPS) is 11.0. The molecule has 0 saturated heterocycles. The lowest BCUT2D eigenvalue weighted by Crippen LogP contribution is -2.17. The van der Waals surface area contributed by atoms with Gasteiger partial charge >= 0.3 is 6.36 Å². The van der Waals surface area contributed by atoms with E-state index in [4.69, 9.17) is 4.74 Å². The van der Waals surface area contributed by atoms with Crippen LogP contribution in [0.5, 0.6) is 11.5 Å². The van der Waals surface area contributed by atoms with Crippen molar-refractivity contribution in [1.82, 2.24) is 0 Å². The zero-order valence-electron chi connectivity index (χ0n) is 12.9. The number of hydrogen-bond acceptors (Lipinski definition) is 4. The molecule has 0 unspecified atom stereocenters. The minimum Gasteiger partial charge on any atom is -0.497 e. The summed E-state index contributed by atoms with van der Waals surface area (Å²) >= 11 is 0. The molecule has 0 fully saturated rings. The first-order chi connectivity index (χ1) is 11.4. The van der Waals surface area contributed by atoms with Crippen LogP contribution < -0.4 is 14.8 Å². The maximum absolute atomic E-state index is 12.1. The van der Waals surface area contributed by atoms with E-state index in [2.05, 4.69) is 10.1 Å². The monoisotopic (exact) mass is 339 g/mol. The molecule has 2 aromatic carbocycles. The number of ether oxygens (including phenoxy) is 2. The van der Waals surface area contributed by atoms with E-state index in [1.54, 1.807) is 31.4 Å². The fraction of sp³-hybridized carbons (Fsp3) is 0.235. The third-order valence-corrected chi connectivity index (χ3v) is 3.18. The van der Waals surface area contributed by atoms with Crippen LogP contribution in [-0.4, -0.2) is 25.8 Å². The van der Waals surface area contributed by atoms with Gasteiger partial charge in [0.05, 0.1) is 7.11 Å². The summed E-state index contributed by atoms with van der Waals surface area (Å²) in [5, 5.41) is 2.98. The fourth-order valence-electron chi connectivity index (χ4n) is 2.02. The molecule has 0 aliphatic carbocycles. The average molecular weight is 339 g/mol. The van der Waals surface area contributed by atoms with Crippen molar-refractivity contribution in [3.05, 3.63) is 54.1 Å². The van der Waals surface area contributed by atoms with Gasteiger partial charge in [-0.25, -0.2) is 0 Å². The molecule has 0 bridgehead atoms. The highest BCUT2D eigenvalue weighted by molar-refractivity contribution is 5.96. The Balaban J connectivity index is 1.81. The molecule has 0 amide bonds. The Bertz CT molecular complexity index is 667. The molecule has 0 radical (unpaired) electrons. The number of benzene rings is 2. The Labute approximate surface area is 137 Å². The fourth-order valence-corrected chi connectivity index (χ4v) is 2.02. The van der Waals surface area contributed by atoms with Gasteiger partial charge in [-0.2, -0.15) is 0 Å². The van der Waals surface area contributed by atoms with Gasteiger partial charge in [0, 0.05) is 24.2 Å². The molecular formula is C17H16F3NO3. The number of rotatable bonds is 7. The van der Waals surface area contributed by atoms with E-state index in [9.17, 15) is 18.0 Å². The van der Waals surface area contributed by atoms with Gasteiger partial charge in [-0.15, -0.1) is 13.2 Å². The van der Waals surface area contributed by atoms with Gasteiger partial charge in [-0.05, 0) is 48.5 Å². The minimum atomic E-state index is -4.71. The van der Waals surface area contributed by atoms with Crippen molar-refractivity contribution in [3.63, 3.8) is 0 Å². The maximum Gasteiger partial charge on any atom is 0.573 e. The molecule has 0 atom stereocenters. The first kappa shape index (κ1) is 17.7. The third kappa shape index (κ3) is 5.49. The summed E-state index contributed by atoms with van der Waals surface area (Å²) in [7, 11) is 1.55. The number of carbonyl (C=O) groups excluding carboxylic acids is 1. The highest BCUT2D eigenvalue weighted by Crippen LogP contribution is 2.24. The number of ketones is 1. The smallest absolute Gasteiger partial charge is 0.497 e. The number of anilines is 1. The van der Waals surface area contributed by atoms with E-state index in [0.717, 1.165) is 0 Å². The summed E-state index contributed by atoms with van der Waals surface area (Å²) in [5.41, 5.74) is 1.18. The zero-order chi connectivity index (χ0) is 17.6. The molecule has 0 aliphatic heterocycles. The van der Waals surface area contributed by atoms with Crippen LogP contribution in [0, 0.1) is 0 Å². The number of hydrogen-bond donors (Lipinski definition) is 1. The number of nitrogens with one attached hydrogen (secondary N) is 1. The largest absolute Gasteiger partial charge is 0.573 e. The van der Waals surface area contributed by atoms with E-state index in [1.807, 2.05) is 0 Å². The summed E-state index contributed by atoms with van der Waals surface area (Å²) in [5.74, 6) is 0.343. The second-order valence-corrected chi connectivity index (χ2v) is 4.90. The molecule has 0 saturated carbocycles. The van der Waals surface area contributed by atoms with Crippen LogP contribution in [-0.2, 0) is 0 Å². The Kier molecular flexibility index (Phi) is 5.68. The predicted octanol–water partition coefficient (Wildman–Crippen LogP) is 4.28. The van der Waals surface area contributed by atoms with Crippen molar-refractivity contribution < 1.29 is 27.4 Å². The van der Waals surface area contributed by atoms with Gasteiger partial charge in [0.25, 0.3) is 0 Å². The number of carbonyl (C=O) groups is 1. The Morgan fingerprint density at radius 2 is 1.58 bits per heavy atom. The van der Waals surface area contributed by atoms with E-state index in [1.165, 1.54) is 24.3 Å². The summed E-state index contributed by atoms with van der Waals surface area (Å²) in [6.45, 7) is 0.365. The van der Waals surface area contributed by atoms with Gasteiger partial charge in [0.1, 0.15) is 11.5 Å². The van der Waals surface area contributed by atoms with Crippen molar-refractivity contribution in [1.29, 1.82) is 0 Å². The molecule has 4 nitrogen and oxygen atoms in total. The second-order valence-electron chi connectivity index (χ2n) is 4.90. The molecule has 24 heavy (non-hydrogen) atoms. The van der Waals surface area contributed by atoms with Crippen molar-refractivity contribution in [2.24, 2.45) is 0 Å². The van der Waals surface area contributed by atoms with Crippen molar-refractivity contribution in [2.45, 2.75) is 12.8 Å². The summed E-state index contributed by atoms with van der Waals surface area (Å²) in [6.07, 6.45) is -4.45. The molecule has 128 valence electrons. The zero-order valence-corrected chi connectivity index (χ0v) is 12.9. The topological polar surface area (TPSA) is 47.6 Å². The van der Waals surface area contributed by atoms with Crippen LogP contribution in [0.3, 0.4) is 0 Å². The van der Waals surface area contributed by atoms with Crippen molar-refractivity contribution in [2.75, 3.05) is 19.0 Å². The molecule has 1 N–H and O–H groups in total. The lowest BCUT2D eigenvalue weighted by Gasteiger charge is -2.10. The minimum absolute atomic E-state index is 0.0397. The van der Waals surface area contributed by atoms with Gasteiger partial charge in [0.15, 0.2) is 5.78 Å². The third-order valence-electron chi connectivity index (χ3n) is 3.18. The first-order valence-corrected chi connectivity index (χ1v) is 7.14. The lowest BCUT2D eigenvalue weighted by atomic mass is 10.1. The van der Waals surface area contributed by atoms with Crippen LogP contribution in [0.1, 0.15) is 16.8 Å². The molecule has 0 heterocycles. The standard InChI is InChI=1S/C17H16F3NO3/c1-23-14-6-2-12(3-7-14)16(22)10-11-21-13-4-8-15(9-5-13)24-17(18,19)20/h2-9,21H,10-11H2,1H3. The molecule has 2 aromatic rings. The molecular weight excluding hydrogens is 323 g/mol. The van der Waals surface area contributed by atoms with E-state index in [-0.39, 0.29) is 18.0 Å². The van der Waals surface area contributed by atoms with Gasteiger partial charge < -0.3 is 14.8 Å². The number of alkyl halides is 3. The maximum atomic E-state index is 12.1. The Morgan fingerprint density at radius 1 is 1.00 bits per heavy atom. The van der Waals surface area contributed by atoms with Crippen LogP contribution >= 0.6 is 0 Å². The van der Waals surface area contributed by atoms with Crippen molar-refractivity contribution >= 4 is 11.5 Å². The highest BCUT2D eigenvalue weighted by atomic mass is 19.4. The molecule has 0 aromatic heterocycles. The molecule has 2 rings (SSSR count). The Hall–Kier alpha value is -2.70. The van der Waals surface area contributed by atoms with Crippen LogP contribution in [0.4, 0.5) is 18.9 Å². The van der Waals surface area contributed by atoms with Crippen LogP contribution in [0.2, 0.25) is 0 Å². The average Bonchev–Trinajstić information content (AvgIpc) is 2.55. The van der Waals surface area contributed by atoms with E-state index < -0.39 is 6.36 Å². The van der Waals surface area contributed by atoms with Crippen LogP contribution in [0.15, 0.2) is 48.5 Å². The number of Topliss-reactive ketones (excluding diaryl/α,β-unsaturated/α-hetero) is 1. The number of halogens is 3. The van der Waals surface area contributed by atoms with Gasteiger partial charge in [0.2, 0.25) is 0 Å². The van der Waals surface area contributed by atoms with Crippen LogP contribution in [0.25, 0.3) is 0 Å². The predicted molar refractivity (Wildman–Crippen MR) is 83.6 cm³/mol. The SMILES string of the molecule is COc1ccc(C(=O)CCNc2ccc(OC(F)(F)F)cc2)cc1. The summed E-state index contributed by atoms with van der Waals surface area (Å²) < 4.78 is 45.0. The molecule has 0 spiro atoms. The second kappa shape index (κ2) is 7.72. The quantitative estimate of drug-likeness (QED) is 0.765. The van der Waals surface area contributed by atoms with Gasteiger partial charge in [-0.3, -0.25) is 4.79 Å². The Morgan fingerprint density at radius 3 is 2.12 bits per heavy atom. The molecule has 0 aliphatic rings.